The molecule has 0 aromatic carbocycles. The maximum Gasteiger partial charge on any atom is 0.326 e. The van der Waals surface area contributed by atoms with Crippen LogP contribution in [-0.4, -0.2) is 105 Å². The van der Waals surface area contributed by atoms with Crippen LogP contribution in [0.25, 0.3) is 0 Å². The molecular formula is C28H48N6O12S2. The van der Waals surface area contributed by atoms with Gasteiger partial charge < -0.3 is 62.7 Å². The largest absolute Gasteiger partial charge is 0.544 e. The van der Waals surface area contributed by atoms with Crippen molar-refractivity contribution in [1.82, 2.24) is 21.3 Å². The van der Waals surface area contributed by atoms with Crippen molar-refractivity contribution in [3.8, 4) is 0 Å². The molecule has 0 fully saturated rings. The van der Waals surface area contributed by atoms with Crippen molar-refractivity contribution in [3.05, 3.63) is 0 Å². The number of quaternary nitrogens is 2. The summed E-state index contributed by atoms with van der Waals surface area (Å²) in [6.07, 6.45) is -0.256. The molecule has 18 nitrogen and oxygen atoms in total. The van der Waals surface area contributed by atoms with E-state index in [1.54, 1.807) is 0 Å². The van der Waals surface area contributed by atoms with E-state index in [4.69, 9.17) is 2.74 Å². The van der Waals surface area contributed by atoms with E-state index in [0.29, 0.717) is 0 Å². The fourth-order valence-electron chi connectivity index (χ4n) is 3.78. The Morgan fingerprint density at radius 3 is 1.21 bits per heavy atom. The quantitative estimate of drug-likeness (QED) is 0.0189. The molecule has 0 aromatic rings. The second-order valence-electron chi connectivity index (χ2n) is 11.3. The van der Waals surface area contributed by atoms with Gasteiger partial charge in [-0.3, -0.25) is 19.2 Å². The Labute approximate surface area is 288 Å². The van der Waals surface area contributed by atoms with Gasteiger partial charge in [-0.15, -0.1) is 0 Å². The first-order valence-corrected chi connectivity index (χ1v) is 17.3. The van der Waals surface area contributed by atoms with Gasteiger partial charge in [0, 0.05) is 39.9 Å². The van der Waals surface area contributed by atoms with Gasteiger partial charge in [-0.1, -0.05) is 49.3 Å². The Balaban J connectivity index is 5.85. The van der Waals surface area contributed by atoms with Crippen molar-refractivity contribution in [3.63, 3.8) is 0 Å². The minimum Gasteiger partial charge on any atom is -0.544 e. The Kier molecular flexibility index (Phi) is 19.3. The van der Waals surface area contributed by atoms with E-state index >= 15 is 0 Å². The predicted molar refractivity (Wildman–Crippen MR) is 169 cm³/mol. The summed E-state index contributed by atoms with van der Waals surface area (Å²) in [7, 11) is 1.84. The second-order valence-corrected chi connectivity index (χ2v) is 13.9. The summed E-state index contributed by atoms with van der Waals surface area (Å²) in [5.74, 6) is -12.8. The lowest BCUT2D eigenvalue weighted by atomic mass is 10.1. The third-order valence-corrected chi connectivity index (χ3v) is 9.08. The second kappa shape index (κ2) is 22.9. The van der Waals surface area contributed by atoms with Crippen LogP contribution in [0.2, 0.25) is 0 Å². The molecule has 0 spiro atoms. The number of carbonyl (C=O) groups excluding carboxylic acids is 6. The van der Waals surface area contributed by atoms with E-state index in [1.165, 1.54) is 27.7 Å². The van der Waals surface area contributed by atoms with Crippen molar-refractivity contribution >= 4 is 69.1 Å². The number of carboxylic acid groups (broad SMARTS) is 4. The van der Waals surface area contributed by atoms with Crippen molar-refractivity contribution in [1.29, 1.82) is 0 Å². The Morgan fingerprint density at radius 1 is 0.646 bits per heavy atom. The molecule has 0 aliphatic rings. The molecule has 0 unspecified atom stereocenters. The van der Waals surface area contributed by atoms with Gasteiger partial charge in [0.05, 0.1) is 11.9 Å². The fourth-order valence-corrected chi connectivity index (χ4v) is 6.10. The summed E-state index contributed by atoms with van der Waals surface area (Å²) < 4.78 is 16.1. The highest BCUT2D eigenvalue weighted by Crippen LogP contribution is 2.24. The molecule has 0 saturated heterocycles. The molecule has 6 atom stereocenters. The molecule has 0 aromatic heterocycles. The zero-order valence-corrected chi connectivity index (χ0v) is 29.0. The maximum atomic E-state index is 13.1. The molecule has 0 bridgehead atoms. The monoisotopic (exact) mass is 730 g/mol. The third kappa shape index (κ3) is 18.1. The Bertz CT molecular complexity index is 1140. The fraction of sp³-hybridized carbons (Fsp3) is 0.714. The number of hydrogen-bond acceptors (Lipinski definition) is 12. The van der Waals surface area contributed by atoms with Crippen LogP contribution in [0.15, 0.2) is 0 Å². The lowest BCUT2D eigenvalue weighted by Gasteiger charge is -2.24. The van der Waals surface area contributed by atoms with Gasteiger partial charge in [0.1, 0.15) is 36.3 Å². The van der Waals surface area contributed by atoms with E-state index in [2.05, 4.69) is 32.7 Å². The highest BCUT2D eigenvalue weighted by atomic mass is 33.1. The van der Waals surface area contributed by atoms with Crippen molar-refractivity contribution in [2.45, 2.75) is 102 Å². The van der Waals surface area contributed by atoms with Gasteiger partial charge in [0.25, 0.3) is 0 Å². The summed E-state index contributed by atoms with van der Waals surface area (Å²) >= 11 is 0. The van der Waals surface area contributed by atoms with E-state index in [1.807, 2.05) is 0 Å². The molecule has 0 aliphatic heterocycles. The van der Waals surface area contributed by atoms with Gasteiger partial charge in [-0.2, -0.15) is 0 Å². The number of aliphatic carboxylic acids is 4. The molecule has 20 heteroatoms. The van der Waals surface area contributed by atoms with Crippen molar-refractivity contribution in [2.75, 3.05) is 11.5 Å². The molecule has 274 valence electrons. The van der Waals surface area contributed by atoms with Gasteiger partial charge >= 0.3 is 11.9 Å². The average molecular weight is 731 g/mol. The standard InChI is InChI=1S/C28H48N6O12S2/c1-13(2)21(27(43)44)33-23(37)17(31-19(35)9-5-7-15(29)25(39)40)11-47-48-12-18(24(38)34-22(14(3)4)28(45)46)32-20(36)10-6-8-16(30)26(41)42/h13-18,21-22H,5-12,29-30H2,1-4H3,(H,31,35)(H,32,36)(H,33,37)(H,34,38)(H,39,40)(H,41,42)(H,43,44)(H,45,46)/t15-,16-,17-,18-,21+,22+/m0/s1/i11+1,12+1,13D,14D,33+1,34+1. The number of amides is 4. The van der Waals surface area contributed by atoms with E-state index in [9.17, 15) is 58.8 Å². The van der Waals surface area contributed by atoms with Crippen LogP contribution in [0.1, 0.15) is 69.0 Å². The van der Waals surface area contributed by atoms with Crippen LogP contribution in [0, 0.1) is 11.8 Å². The van der Waals surface area contributed by atoms with Gasteiger partial charge in [0.2, 0.25) is 23.6 Å². The van der Waals surface area contributed by atoms with E-state index in [-0.39, 0.29) is 50.0 Å². The first-order valence-electron chi connectivity index (χ1n) is 15.9. The first-order chi connectivity index (χ1) is 22.9. The SMILES string of the molecule is [2H]C(C)(C)[C@@H]([15NH]C(=O)[C@H]([13CH2]SS[13CH2][C@H](NC(=O)CCC[C@H]([NH3+])C(=O)[O-])C(=O)[15NH][C@@H](C(=O)O)C([2H])(C)C)NC(=O)CCC[C@H]([NH3+])C(=O)[O-])C(=O)O. The zero-order chi connectivity index (χ0) is 39.0. The molecule has 12 N–H and O–H groups in total. The minimum absolute atomic E-state index is 0.00727. The summed E-state index contributed by atoms with van der Waals surface area (Å²) in [6.45, 7) is 5.03. The van der Waals surface area contributed by atoms with Crippen LogP contribution in [0.4, 0.5) is 0 Å². The zero-order valence-electron chi connectivity index (χ0n) is 29.3. The summed E-state index contributed by atoms with van der Waals surface area (Å²) in [4.78, 5) is 96.8. The molecule has 0 aliphatic carbocycles. The smallest absolute Gasteiger partial charge is 0.326 e. The summed E-state index contributed by atoms with van der Waals surface area (Å²) in [5.41, 5.74) is 6.79. The number of hydrogen-bond donors (Lipinski definition) is 8. The first kappa shape index (κ1) is 40.6. The number of carboxylic acids is 4. The number of nitrogens with one attached hydrogen (secondary N) is 4. The summed E-state index contributed by atoms with van der Waals surface area (Å²) in [6, 6.07) is -8.23. The highest BCUT2D eigenvalue weighted by molar-refractivity contribution is 8.76. The van der Waals surface area contributed by atoms with E-state index < -0.39 is 95.5 Å². The maximum absolute atomic E-state index is 13.1. The van der Waals surface area contributed by atoms with Gasteiger partial charge in [-0.05, 0) is 24.6 Å². The van der Waals surface area contributed by atoms with Crippen molar-refractivity contribution < 1.29 is 73.0 Å². The highest BCUT2D eigenvalue weighted by Gasteiger charge is 2.31. The van der Waals surface area contributed by atoms with Gasteiger partial charge in [0.15, 0.2) is 0 Å². The molecule has 48 heavy (non-hydrogen) atoms. The van der Waals surface area contributed by atoms with Crippen LogP contribution < -0.4 is 42.9 Å². The third-order valence-electron chi connectivity index (χ3n) is 6.66. The lowest BCUT2D eigenvalue weighted by molar-refractivity contribution is -0.438. The summed E-state index contributed by atoms with van der Waals surface area (Å²) in [5, 5.41) is 50.2. The molecule has 0 radical (unpaired) electrons. The van der Waals surface area contributed by atoms with Crippen molar-refractivity contribution in [2.24, 2.45) is 11.8 Å². The average Bonchev–Trinajstić information content (AvgIpc) is 2.97. The molecular weight excluding hydrogens is 680 g/mol. The molecule has 4 amide bonds. The Hall–Kier alpha value is -3.62. The Morgan fingerprint density at radius 2 is 0.958 bits per heavy atom. The normalized spacial score (nSPS) is 16.0. The number of rotatable bonds is 25. The van der Waals surface area contributed by atoms with Crippen LogP contribution in [0.3, 0.4) is 0 Å². The molecule has 0 heterocycles. The van der Waals surface area contributed by atoms with Crippen LogP contribution in [0.5, 0.6) is 0 Å². The topological polar surface area (TPSA) is 327 Å². The number of carbonyl (C=O) groups is 8. The van der Waals surface area contributed by atoms with E-state index in [0.717, 1.165) is 21.6 Å². The lowest BCUT2D eigenvalue weighted by Crippen LogP contribution is -2.68. The van der Waals surface area contributed by atoms with Gasteiger partial charge in [-0.25, -0.2) is 9.59 Å². The molecule has 0 rings (SSSR count). The predicted octanol–water partition coefficient (Wildman–Crippen LogP) is -5.15. The minimum atomic E-state index is -1.67. The van der Waals surface area contributed by atoms with Crippen LogP contribution >= 0.6 is 21.6 Å². The molecule has 0 saturated carbocycles. The van der Waals surface area contributed by atoms with Crippen LogP contribution in [-0.2, 0) is 38.4 Å².